The molecule has 11 heteroatoms. The van der Waals surface area contributed by atoms with Gasteiger partial charge in [-0.2, -0.15) is 13.2 Å². The molecule has 0 saturated heterocycles. The molecule has 0 atom stereocenters. The van der Waals surface area contributed by atoms with Crippen LogP contribution in [0.15, 0.2) is 41.6 Å². The number of ether oxygens (including phenoxy) is 2. The van der Waals surface area contributed by atoms with Crippen LogP contribution >= 0.6 is 0 Å². The Labute approximate surface area is 198 Å². The molecule has 0 aromatic heterocycles. The number of hydrogen-bond donors (Lipinski definition) is 1. The van der Waals surface area contributed by atoms with Gasteiger partial charge in [0, 0.05) is 10.7 Å². The van der Waals surface area contributed by atoms with Crippen molar-refractivity contribution < 1.29 is 36.6 Å². The van der Waals surface area contributed by atoms with Gasteiger partial charge in [-0.25, -0.2) is 4.39 Å². The molecule has 35 heavy (non-hydrogen) atoms. The highest BCUT2D eigenvalue weighted by atomic mass is 19.4. The molecular weight excluding hydrogens is 472 g/mol. The molecule has 0 saturated carbocycles. The molecule has 0 spiro atoms. The van der Waals surface area contributed by atoms with Gasteiger partial charge in [-0.15, -0.1) is 4.91 Å². The molecule has 0 unspecified atom stereocenters. The number of rotatable bonds is 8. The lowest BCUT2D eigenvalue weighted by Crippen LogP contribution is -2.49. The van der Waals surface area contributed by atoms with Gasteiger partial charge >= 0.3 is 12.1 Å². The summed E-state index contributed by atoms with van der Waals surface area (Å²) in [6.07, 6.45) is 0.306. The predicted octanol–water partition coefficient (Wildman–Crippen LogP) is 5.06. The van der Waals surface area contributed by atoms with E-state index in [2.05, 4.69) is 10.5 Å². The molecule has 2 aromatic rings. The Morgan fingerprint density at radius 1 is 1.09 bits per heavy atom. The summed E-state index contributed by atoms with van der Waals surface area (Å²) in [4.78, 5) is 35.3. The minimum atomic E-state index is -4.87. The van der Waals surface area contributed by atoms with E-state index in [4.69, 9.17) is 9.47 Å². The number of carbonyl (C=O) groups excluding carboxylic acids is 2. The van der Waals surface area contributed by atoms with Crippen LogP contribution in [-0.4, -0.2) is 30.6 Å². The fourth-order valence-corrected chi connectivity index (χ4v) is 3.45. The van der Waals surface area contributed by atoms with E-state index in [1.54, 1.807) is 12.1 Å². The predicted molar refractivity (Wildman–Crippen MR) is 119 cm³/mol. The number of carbonyl (C=O) groups is 2. The van der Waals surface area contributed by atoms with E-state index in [-0.39, 0.29) is 30.3 Å². The summed E-state index contributed by atoms with van der Waals surface area (Å²) in [7, 11) is 0. The second-order valence-corrected chi connectivity index (χ2v) is 8.27. The third kappa shape index (κ3) is 6.03. The lowest BCUT2D eigenvalue weighted by molar-refractivity contribution is -0.140. The fraction of sp³-hybridized carbons (Fsp3) is 0.333. The van der Waals surface area contributed by atoms with Crippen molar-refractivity contribution in [1.29, 1.82) is 0 Å². The van der Waals surface area contributed by atoms with Crippen LogP contribution in [0, 0.1) is 10.7 Å². The molecule has 186 valence electrons. The monoisotopic (exact) mass is 494 g/mol. The first kappa shape index (κ1) is 25.9. The minimum absolute atomic E-state index is 0.0863. The Balaban J connectivity index is 1.78. The fourth-order valence-electron chi connectivity index (χ4n) is 3.45. The van der Waals surface area contributed by atoms with Crippen LogP contribution in [0.3, 0.4) is 0 Å². The lowest BCUT2D eigenvalue weighted by atomic mass is 9.93. The van der Waals surface area contributed by atoms with Crippen molar-refractivity contribution in [2.75, 3.05) is 13.2 Å². The van der Waals surface area contributed by atoms with Crippen LogP contribution in [0.1, 0.15) is 47.3 Å². The van der Waals surface area contributed by atoms with E-state index in [9.17, 15) is 32.1 Å². The van der Waals surface area contributed by atoms with E-state index in [0.717, 1.165) is 18.1 Å². The van der Waals surface area contributed by atoms with Gasteiger partial charge in [-0.3, -0.25) is 9.59 Å². The first-order valence-electron chi connectivity index (χ1n) is 10.6. The minimum Gasteiger partial charge on any atom is -0.490 e. The molecular formula is C24H22F4N2O5. The van der Waals surface area contributed by atoms with Crippen molar-refractivity contribution in [1.82, 2.24) is 5.32 Å². The number of nitroso groups, excluding NO2 is 1. The first-order chi connectivity index (χ1) is 16.4. The molecule has 0 bridgehead atoms. The van der Waals surface area contributed by atoms with E-state index >= 15 is 0 Å². The third-order valence-corrected chi connectivity index (χ3v) is 5.28. The molecule has 7 nitrogen and oxygen atoms in total. The van der Waals surface area contributed by atoms with Crippen molar-refractivity contribution in [3.05, 3.63) is 69.4 Å². The topological polar surface area (TPSA) is 94.1 Å². The van der Waals surface area contributed by atoms with Crippen LogP contribution in [0.2, 0.25) is 0 Å². The van der Waals surface area contributed by atoms with Crippen molar-refractivity contribution in [2.45, 2.75) is 38.4 Å². The van der Waals surface area contributed by atoms with Gasteiger partial charge in [0.15, 0.2) is 0 Å². The smallest absolute Gasteiger partial charge is 0.419 e. The highest BCUT2D eigenvalue weighted by Gasteiger charge is 2.35. The first-order valence-corrected chi connectivity index (χ1v) is 10.6. The molecule has 2 amide bonds. The summed E-state index contributed by atoms with van der Waals surface area (Å²) in [6, 6.07) is 5.56. The maximum absolute atomic E-state index is 13.5. The zero-order chi connectivity index (χ0) is 25.8. The van der Waals surface area contributed by atoms with Crippen LogP contribution in [0.25, 0.3) is 6.08 Å². The number of nitrogens with zero attached hydrogens (tertiary/aromatic N) is 1. The van der Waals surface area contributed by atoms with E-state index in [1.807, 2.05) is 6.08 Å². The second-order valence-electron chi connectivity index (χ2n) is 8.27. The number of hydrogen-bond acceptors (Lipinski definition) is 5. The highest BCUT2D eigenvalue weighted by Crippen LogP contribution is 2.34. The Morgan fingerprint density at radius 3 is 2.49 bits per heavy atom. The zero-order valence-corrected chi connectivity index (χ0v) is 18.9. The number of alkyl halides is 3. The number of allylic oxidation sites excluding steroid dienone is 1. The lowest BCUT2D eigenvalue weighted by Gasteiger charge is -2.23. The maximum atomic E-state index is 13.5. The largest absolute Gasteiger partial charge is 0.490 e. The SMILES string of the molecule is CC(C)(NC(=O)c1ccc2c(c1OCCOc1ccc(F)c(C(F)(F)F)c1)C=CCC2)C(=O)N=O. The molecule has 0 radical (unpaired) electrons. The van der Waals surface area contributed by atoms with Crippen molar-refractivity contribution in [2.24, 2.45) is 5.18 Å². The number of amides is 2. The maximum Gasteiger partial charge on any atom is 0.419 e. The van der Waals surface area contributed by atoms with Gasteiger partial charge in [-0.05, 0) is 56.5 Å². The van der Waals surface area contributed by atoms with Gasteiger partial charge in [0.25, 0.3) is 5.91 Å². The summed E-state index contributed by atoms with van der Waals surface area (Å²) in [5.41, 5.74) is -1.35. The second kappa shape index (κ2) is 10.2. The van der Waals surface area contributed by atoms with Crippen LogP contribution < -0.4 is 14.8 Å². The Morgan fingerprint density at radius 2 is 1.80 bits per heavy atom. The molecule has 0 heterocycles. The molecule has 0 aliphatic heterocycles. The van der Waals surface area contributed by atoms with E-state index < -0.39 is 34.9 Å². The number of nitrogens with one attached hydrogen (secondary N) is 1. The van der Waals surface area contributed by atoms with Crippen LogP contribution in [0.4, 0.5) is 17.6 Å². The van der Waals surface area contributed by atoms with E-state index in [1.165, 1.54) is 19.9 Å². The standard InChI is InChI=1S/C24H22F4N2O5/c1-23(2,22(32)30-33)29-21(31)17-9-7-14-5-3-4-6-16(14)20(17)35-12-11-34-15-8-10-19(25)18(13-15)24(26,27)28/h4,6-10,13H,3,5,11-12H2,1-2H3,(H,29,31). The summed E-state index contributed by atoms with van der Waals surface area (Å²) in [5.74, 6) is -3.16. The summed E-state index contributed by atoms with van der Waals surface area (Å²) in [6.45, 7) is 2.32. The average Bonchev–Trinajstić information content (AvgIpc) is 2.80. The van der Waals surface area contributed by atoms with Gasteiger partial charge < -0.3 is 14.8 Å². The number of fused-ring (bicyclic) bond motifs is 1. The number of aryl methyl sites for hydroxylation is 1. The van der Waals surface area contributed by atoms with Crippen molar-refractivity contribution in [3.63, 3.8) is 0 Å². The number of benzene rings is 2. The summed E-state index contributed by atoms with van der Waals surface area (Å²) in [5, 5.41) is 4.81. The molecule has 3 rings (SSSR count). The van der Waals surface area contributed by atoms with Crippen LogP contribution in [-0.2, 0) is 17.4 Å². The molecule has 0 fully saturated rings. The molecule has 2 aromatic carbocycles. The third-order valence-electron chi connectivity index (χ3n) is 5.28. The van der Waals surface area contributed by atoms with Gasteiger partial charge in [0.1, 0.15) is 36.1 Å². The molecule has 1 aliphatic rings. The normalized spacial score (nSPS) is 13.1. The van der Waals surface area contributed by atoms with Gasteiger partial charge in [0.2, 0.25) is 0 Å². The zero-order valence-electron chi connectivity index (χ0n) is 18.9. The number of halogens is 4. The average molecular weight is 494 g/mol. The summed E-state index contributed by atoms with van der Waals surface area (Å²) >= 11 is 0. The Hall–Kier alpha value is -3.76. The van der Waals surface area contributed by atoms with Gasteiger partial charge in [-0.1, -0.05) is 18.2 Å². The highest BCUT2D eigenvalue weighted by molar-refractivity contribution is 6.02. The Kier molecular flexibility index (Phi) is 7.57. The quantitative estimate of drug-likeness (QED) is 0.314. The molecule has 1 aliphatic carbocycles. The Bertz CT molecular complexity index is 1180. The van der Waals surface area contributed by atoms with Crippen molar-refractivity contribution in [3.8, 4) is 11.5 Å². The van der Waals surface area contributed by atoms with Gasteiger partial charge in [0.05, 0.1) is 11.1 Å². The van der Waals surface area contributed by atoms with Crippen molar-refractivity contribution >= 4 is 17.9 Å². The summed E-state index contributed by atoms with van der Waals surface area (Å²) < 4.78 is 63.2. The molecule has 1 N–H and O–H groups in total. The van der Waals surface area contributed by atoms with Crippen LogP contribution in [0.5, 0.6) is 11.5 Å². The van der Waals surface area contributed by atoms with E-state index in [0.29, 0.717) is 24.1 Å².